The third-order valence-corrected chi connectivity index (χ3v) is 5.75. The smallest absolute Gasteiger partial charge is 0.316 e. The van der Waals surface area contributed by atoms with E-state index in [-0.39, 0.29) is 0 Å². The van der Waals surface area contributed by atoms with E-state index in [1.807, 2.05) is 42.5 Å². The van der Waals surface area contributed by atoms with Gasteiger partial charge in [0.15, 0.2) is 0 Å². The molecule has 0 atom stereocenters. The van der Waals surface area contributed by atoms with Gasteiger partial charge in [-0.3, -0.25) is 0 Å². The first kappa shape index (κ1) is 22.4. The summed E-state index contributed by atoms with van der Waals surface area (Å²) in [7, 11) is 0. The summed E-state index contributed by atoms with van der Waals surface area (Å²) in [5.41, 5.74) is 3.44. The van der Waals surface area contributed by atoms with Gasteiger partial charge in [0.1, 0.15) is 0 Å². The molecule has 0 bridgehead atoms. The summed E-state index contributed by atoms with van der Waals surface area (Å²) in [6, 6.07) is 25.5. The molecule has 4 rings (SSSR count). The van der Waals surface area contributed by atoms with Gasteiger partial charge >= 0.3 is 6.18 Å². The molecule has 1 N–H and O–H groups in total. The fourth-order valence-electron chi connectivity index (χ4n) is 3.88. The van der Waals surface area contributed by atoms with Crippen LogP contribution in [0.15, 0.2) is 84.9 Å². The van der Waals surface area contributed by atoms with Crippen molar-refractivity contribution in [1.29, 1.82) is 0 Å². The van der Waals surface area contributed by atoms with Crippen LogP contribution in [0.2, 0.25) is 5.02 Å². The van der Waals surface area contributed by atoms with Crippen LogP contribution in [0.1, 0.15) is 16.7 Å². The maximum Gasteiger partial charge on any atom is 0.416 e. The van der Waals surface area contributed by atoms with Gasteiger partial charge < -0.3 is 5.32 Å². The maximum atomic E-state index is 13.0. The van der Waals surface area contributed by atoms with Gasteiger partial charge in [-0.1, -0.05) is 72.3 Å². The summed E-state index contributed by atoms with van der Waals surface area (Å²) < 4.78 is 38.9. The number of halogens is 4. The standard InChI is InChI=1S/C27H23ClF3N/c28-24-6-3-4-19(17-24)12-14-32-15-13-20-16-22-5-1-2-7-25(22)26(18-20)21-8-10-23(11-9-21)27(29,30)31/h1-11,16-18,32H,12-15H2. The van der Waals surface area contributed by atoms with Crippen molar-refractivity contribution in [1.82, 2.24) is 5.32 Å². The van der Waals surface area contributed by atoms with Gasteiger partial charge in [0.2, 0.25) is 0 Å². The summed E-state index contributed by atoms with van der Waals surface area (Å²) in [5.74, 6) is 0. The molecule has 4 aromatic carbocycles. The first-order chi connectivity index (χ1) is 15.4. The molecule has 0 aromatic heterocycles. The molecule has 0 aliphatic heterocycles. The molecule has 0 amide bonds. The highest BCUT2D eigenvalue weighted by atomic mass is 35.5. The summed E-state index contributed by atoms with van der Waals surface area (Å²) in [6.07, 6.45) is -2.61. The molecule has 0 spiro atoms. The van der Waals surface area contributed by atoms with E-state index < -0.39 is 11.7 Å². The molecule has 1 nitrogen and oxygen atoms in total. The van der Waals surface area contributed by atoms with Gasteiger partial charge in [-0.15, -0.1) is 0 Å². The van der Waals surface area contributed by atoms with E-state index in [9.17, 15) is 13.2 Å². The zero-order valence-electron chi connectivity index (χ0n) is 17.4. The second-order valence-electron chi connectivity index (χ2n) is 7.82. The van der Waals surface area contributed by atoms with Gasteiger partial charge in [0, 0.05) is 5.02 Å². The Morgan fingerprint density at radius 2 is 1.44 bits per heavy atom. The van der Waals surface area contributed by atoms with Crippen molar-refractivity contribution >= 4 is 22.4 Å². The first-order valence-electron chi connectivity index (χ1n) is 10.5. The largest absolute Gasteiger partial charge is 0.416 e. The predicted octanol–water partition coefficient (Wildman–Crippen LogP) is 7.55. The molecule has 0 unspecified atom stereocenters. The molecule has 164 valence electrons. The van der Waals surface area contributed by atoms with E-state index in [0.29, 0.717) is 0 Å². The molecular weight excluding hydrogens is 431 g/mol. The Morgan fingerprint density at radius 3 is 2.16 bits per heavy atom. The molecule has 0 radical (unpaired) electrons. The third-order valence-electron chi connectivity index (χ3n) is 5.51. The van der Waals surface area contributed by atoms with Crippen LogP contribution in [0.3, 0.4) is 0 Å². The highest BCUT2D eigenvalue weighted by Gasteiger charge is 2.30. The quantitative estimate of drug-likeness (QED) is 0.285. The predicted molar refractivity (Wildman–Crippen MR) is 126 cm³/mol. The molecule has 0 aliphatic carbocycles. The van der Waals surface area contributed by atoms with Gasteiger partial charge in [0.25, 0.3) is 0 Å². The number of fused-ring (bicyclic) bond motifs is 1. The minimum absolute atomic E-state index is 0.634. The summed E-state index contributed by atoms with van der Waals surface area (Å²) in [6.45, 7) is 1.66. The van der Waals surface area contributed by atoms with Crippen molar-refractivity contribution in [3.63, 3.8) is 0 Å². The first-order valence-corrected chi connectivity index (χ1v) is 10.9. The van der Waals surface area contributed by atoms with Gasteiger partial charge in [-0.25, -0.2) is 0 Å². The van der Waals surface area contributed by atoms with E-state index in [1.54, 1.807) is 12.1 Å². The van der Waals surface area contributed by atoms with Crippen LogP contribution >= 0.6 is 11.6 Å². The van der Waals surface area contributed by atoms with E-state index in [2.05, 4.69) is 23.5 Å². The lowest BCUT2D eigenvalue weighted by Gasteiger charge is -2.13. The Bertz CT molecular complexity index is 1200. The van der Waals surface area contributed by atoms with Crippen molar-refractivity contribution in [3.05, 3.63) is 107 Å². The fraction of sp³-hybridized carbons (Fsp3) is 0.185. The number of nitrogens with one attached hydrogen (secondary N) is 1. The van der Waals surface area contributed by atoms with Crippen LogP contribution in [0.25, 0.3) is 21.9 Å². The van der Waals surface area contributed by atoms with Crippen LogP contribution in [-0.4, -0.2) is 13.1 Å². The highest BCUT2D eigenvalue weighted by molar-refractivity contribution is 6.30. The van der Waals surface area contributed by atoms with E-state index >= 15 is 0 Å². The summed E-state index contributed by atoms with van der Waals surface area (Å²) in [4.78, 5) is 0. The van der Waals surface area contributed by atoms with Crippen molar-refractivity contribution in [2.24, 2.45) is 0 Å². The fourth-order valence-corrected chi connectivity index (χ4v) is 4.09. The SMILES string of the molecule is FC(F)(F)c1ccc(-c2cc(CCNCCc3cccc(Cl)c3)cc3ccccc23)cc1. The normalized spacial score (nSPS) is 11.8. The van der Waals surface area contributed by atoms with Crippen molar-refractivity contribution in [2.75, 3.05) is 13.1 Å². The lowest BCUT2D eigenvalue weighted by Crippen LogP contribution is -2.20. The molecule has 0 fully saturated rings. The average molecular weight is 454 g/mol. The van der Waals surface area contributed by atoms with Crippen LogP contribution in [-0.2, 0) is 19.0 Å². The molecule has 0 saturated carbocycles. The molecule has 0 aliphatic rings. The highest BCUT2D eigenvalue weighted by Crippen LogP contribution is 2.34. The van der Waals surface area contributed by atoms with Crippen LogP contribution in [0.5, 0.6) is 0 Å². The number of rotatable bonds is 7. The second-order valence-corrected chi connectivity index (χ2v) is 8.26. The van der Waals surface area contributed by atoms with E-state index in [1.165, 1.54) is 5.56 Å². The molecule has 0 saturated heterocycles. The van der Waals surface area contributed by atoms with Gasteiger partial charge in [-0.05, 0) is 83.2 Å². The van der Waals surface area contributed by atoms with Gasteiger partial charge in [-0.2, -0.15) is 13.2 Å². The van der Waals surface area contributed by atoms with E-state index in [0.717, 1.165) is 70.5 Å². The zero-order valence-corrected chi connectivity index (χ0v) is 18.2. The lowest BCUT2D eigenvalue weighted by molar-refractivity contribution is -0.137. The number of alkyl halides is 3. The Morgan fingerprint density at radius 1 is 0.719 bits per heavy atom. The van der Waals surface area contributed by atoms with Crippen LogP contribution in [0, 0.1) is 0 Å². The molecule has 0 heterocycles. The second kappa shape index (κ2) is 9.76. The minimum Gasteiger partial charge on any atom is -0.316 e. The van der Waals surface area contributed by atoms with Crippen LogP contribution < -0.4 is 5.32 Å². The third kappa shape index (κ3) is 5.50. The summed E-state index contributed by atoms with van der Waals surface area (Å²) in [5, 5.41) is 6.32. The van der Waals surface area contributed by atoms with Crippen LogP contribution in [0.4, 0.5) is 13.2 Å². The Labute approximate surface area is 190 Å². The topological polar surface area (TPSA) is 12.0 Å². The lowest BCUT2D eigenvalue weighted by atomic mass is 9.94. The average Bonchev–Trinajstić information content (AvgIpc) is 2.78. The molecular formula is C27H23ClF3N. The summed E-state index contributed by atoms with van der Waals surface area (Å²) >= 11 is 6.03. The Hall–Kier alpha value is -2.82. The van der Waals surface area contributed by atoms with Gasteiger partial charge in [0.05, 0.1) is 5.56 Å². The van der Waals surface area contributed by atoms with Crippen molar-refractivity contribution in [3.8, 4) is 11.1 Å². The zero-order chi connectivity index (χ0) is 22.6. The Balaban J connectivity index is 1.48. The van der Waals surface area contributed by atoms with Crippen molar-refractivity contribution < 1.29 is 13.2 Å². The number of benzene rings is 4. The number of hydrogen-bond acceptors (Lipinski definition) is 1. The van der Waals surface area contributed by atoms with Crippen molar-refractivity contribution in [2.45, 2.75) is 19.0 Å². The molecule has 32 heavy (non-hydrogen) atoms. The molecule has 4 aromatic rings. The monoisotopic (exact) mass is 453 g/mol. The van der Waals surface area contributed by atoms with E-state index in [4.69, 9.17) is 11.6 Å². The number of hydrogen-bond donors (Lipinski definition) is 1. The maximum absolute atomic E-state index is 13.0. The molecule has 5 heteroatoms. The minimum atomic E-state index is -4.33. The Kier molecular flexibility index (Phi) is 6.83.